The Morgan fingerprint density at radius 1 is 1.20 bits per heavy atom. The third-order valence-electron chi connectivity index (χ3n) is 3.47. The molecule has 1 aliphatic heterocycles. The van der Waals surface area contributed by atoms with Crippen LogP contribution >= 0.6 is 31.9 Å². The molecule has 0 atom stereocenters. The molecule has 1 heterocycles. The minimum absolute atomic E-state index is 0.00581. The maximum Gasteiger partial charge on any atom is 0.259 e. The molecule has 3 rings (SSSR count). The fourth-order valence-electron chi connectivity index (χ4n) is 2.48. The summed E-state index contributed by atoms with van der Waals surface area (Å²) in [7, 11) is 0. The molecule has 0 saturated heterocycles. The number of hydrogen-bond donors (Lipinski definition) is 1. The minimum atomic E-state index is -0.00581. The second kappa shape index (κ2) is 5.22. The van der Waals surface area contributed by atoms with E-state index in [4.69, 9.17) is 5.73 Å². The normalized spacial score (nSPS) is 13.4. The third-order valence-corrected chi connectivity index (χ3v) is 4.62. The molecule has 1 aliphatic rings. The van der Waals surface area contributed by atoms with E-state index in [-0.39, 0.29) is 5.91 Å². The van der Waals surface area contributed by atoms with Gasteiger partial charge < -0.3 is 10.6 Å². The van der Waals surface area contributed by atoms with Gasteiger partial charge in [-0.1, -0.05) is 22.0 Å². The minimum Gasteiger partial charge on any atom is -0.398 e. The second-order valence-electron chi connectivity index (χ2n) is 4.68. The first-order valence-corrected chi connectivity index (χ1v) is 7.81. The number of benzene rings is 2. The monoisotopic (exact) mass is 394 g/mol. The van der Waals surface area contributed by atoms with Crippen molar-refractivity contribution < 1.29 is 4.79 Å². The predicted octanol–water partition coefficient (Wildman–Crippen LogP) is 4.00. The molecule has 0 unspecified atom stereocenters. The summed E-state index contributed by atoms with van der Waals surface area (Å²) in [6.07, 6.45) is 0.807. The Morgan fingerprint density at radius 3 is 2.75 bits per heavy atom. The molecule has 102 valence electrons. The van der Waals surface area contributed by atoms with E-state index in [1.54, 1.807) is 4.90 Å². The Balaban J connectivity index is 2.00. The third kappa shape index (κ3) is 2.25. The molecule has 2 aromatic carbocycles. The lowest BCUT2D eigenvalue weighted by molar-refractivity contribution is 0.0988. The number of carbonyl (C=O) groups is 1. The van der Waals surface area contributed by atoms with Gasteiger partial charge in [0.05, 0.1) is 5.56 Å². The van der Waals surface area contributed by atoms with Crippen molar-refractivity contribution in [3.8, 4) is 0 Å². The summed E-state index contributed by atoms with van der Waals surface area (Å²) in [4.78, 5) is 14.5. The van der Waals surface area contributed by atoms with Gasteiger partial charge in [0.25, 0.3) is 5.91 Å². The van der Waals surface area contributed by atoms with Crippen LogP contribution in [0.15, 0.2) is 45.3 Å². The fraction of sp³-hybridized carbons (Fsp3) is 0.133. The molecule has 0 spiro atoms. The van der Waals surface area contributed by atoms with Gasteiger partial charge in [-0.15, -0.1) is 0 Å². The van der Waals surface area contributed by atoms with Crippen LogP contribution in [0.1, 0.15) is 15.9 Å². The molecule has 0 saturated carbocycles. The lowest BCUT2D eigenvalue weighted by Gasteiger charge is -2.18. The van der Waals surface area contributed by atoms with E-state index in [9.17, 15) is 4.79 Å². The first-order valence-electron chi connectivity index (χ1n) is 6.22. The summed E-state index contributed by atoms with van der Waals surface area (Å²) in [5.74, 6) is -0.00581. The lowest BCUT2D eigenvalue weighted by Crippen LogP contribution is -2.29. The quantitative estimate of drug-likeness (QED) is 0.742. The number of rotatable bonds is 1. The highest BCUT2D eigenvalue weighted by Gasteiger charge is 2.27. The van der Waals surface area contributed by atoms with Crippen LogP contribution < -0.4 is 10.6 Å². The summed E-state index contributed by atoms with van der Waals surface area (Å²) in [5.41, 5.74) is 9.37. The van der Waals surface area contributed by atoms with E-state index >= 15 is 0 Å². The van der Waals surface area contributed by atoms with E-state index in [0.717, 1.165) is 32.3 Å². The zero-order valence-electron chi connectivity index (χ0n) is 10.6. The van der Waals surface area contributed by atoms with Gasteiger partial charge in [-0.3, -0.25) is 4.79 Å². The SMILES string of the molecule is Nc1cccc2c1CCN2C(=O)c1ccc(Br)cc1Br. The van der Waals surface area contributed by atoms with Crippen LogP contribution in [0.25, 0.3) is 0 Å². The van der Waals surface area contributed by atoms with Crippen molar-refractivity contribution in [1.82, 2.24) is 0 Å². The van der Waals surface area contributed by atoms with E-state index in [0.29, 0.717) is 12.1 Å². The molecule has 0 bridgehead atoms. The van der Waals surface area contributed by atoms with Gasteiger partial charge in [-0.25, -0.2) is 0 Å². The Kier molecular flexibility index (Phi) is 3.56. The molecule has 0 fully saturated rings. The molecule has 20 heavy (non-hydrogen) atoms. The van der Waals surface area contributed by atoms with Crippen molar-refractivity contribution in [3.05, 3.63) is 56.5 Å². The number of halogens is 2. The fourth-order valence-corrected chi connectivity index (χ4v) is 3.70. The van der Waals surface area contributed by atoms with Gasteiger partial charge in [-0.05, 0) is 52.7 Å². The van der Waals surface area contributed by atoms with E-state index < -0.39 is 0 Å². The maximum absolute atomic E-state index is 12.7. The number of hydrogen-bond acceptors (Lipinski definition) is 2. The molecule has 3 nitrogen and oxygen atoms in total. The predicted molar refractivity (Wildman–Crippen MR) is 88.1 cm³/mol. The molecule has 1 amide bonds. The zero-order valence-corrected chi connectivity index (χ0v) is 13.7. The average Bonchev–Trinajstić information content (AvgIpc) is 2.83. The standard InChI is InChI=1S/C15H12Br2N2O/c16-9-4-5-10(12(17)8-9)15(20)19-7-6-11-13(18)2-1-3-14(11)19/h1-5,8H,6-7,18H2. The summed E-state index contributed by atoms with van der Waals surface area (Å²) < 4.78 is 1.72. The molecule has 0 aliphatic carbocycles. The van der Waals surface area contributed by atoms with E-state index in [1.165, 1.54) is 0 Å². The van der Waals surface area contributed by atoms with Crippen molar-refractivity contribution in [1.29, 1.82) is 0 Å². The molecule has 2 N–H and O–H groups in total. The van der Waals surface area contributed by atoms with Crippen molar-refractivity contribution >= 4 is 49.1 Å². The van der Waals surface area contributed by atoms with Gasteiger partial charge in [0.2, 0.25) is 0 Å². The Bertz CT molecular complexity index is 700. The molecular weight excluding hydrogens is 384 g/mol. The Morgan fingerprint density at radius 2 is 2.00 bits per heavy atom. The van der Waals surface area contributed by atoms with E-state index in [1.807, 2.05) is 36.4 Å². The first kappa shape index (κ1) is 13.6. The highest BCUT2D eigenvalue weighted by atomic mass is 79.9. The van der Waals surface area contributed by atoms with Crippen LogP contribution in [0.2, 0.25) is 0 Å². The number of nitrogen functional groups attached to an aromatic ring is 1. The largest absolute Gasteiger partial charge is 0.398 e. The number of nitrogens with two attached hydrogens (primary N) is 1. The zero-order chi connectivity index (χ0) is 14.3. The van der Waals surface area contributed by atoms with Crippen LogP contribution in [0.4, 0.5) is 11.4 Å². The molecule has 5 heteroatoms. The number of amides is 1. The number of nitrogens with zero attached hydrogens (tertiary/aromatic N) is 1. The maximum atomic E-state index is 12.7. The van der Waals surface area contributed by atoms with Crippen molar-refractivity contribution in [2.45, 2.75) is 6.42 Å². The van der Waals surface area contributed by atoms with Gasteiger partial charge in [0, 0.05) is 32.4 Å². The Hall–Kier alpha value is -1.33. The summed E-state index contributed by atoms with van der Waals surface area (Å²) in [5, 5.41) is 0. The van der Waals surface area contributed by atoms with Crippen LogP contribution in [-0.2, 0) is 6.42 Å². The molecular formula is C15H12Br2N2O. The summed E-state index contributed by atoms with van der Waals surface area (Å²) in [6, 6.07) is 11.3. The van der Waals surface area contributed by atoms with E-state index in [2.05, 4.69) is 31.9 Å². The highest BCUT2D eigenvalue weighted by Crippen LogP contribution is 2.34. The topological polar surface area (TPSA) is 46.3 Å². The average molecular weight is 396 g/mol. The second-order valence-corrected chi connectivity index (χ2v) is 6.45. The molecule has 0 radical (unpaired) electrons. The smallest absolute Gasteiger partial charge is 0.259 e. The summed E-state index contributed by atoms with van der Waals surface area (Å²) >= 11 is 6.84. The van der Waals surface area contributed by atoms with Crippen LogP contribution in [0.5, 0.6) is 0 Å². The lowest BCUT2D eigenvalue weighted by atomic mass is 10.1. The van der Waals surface area contributed by atoms with Gasteiger partial charge in [-0.2, -0.15) is 0 Å². The Labute approximate surface area is 134 Å². The van der Waals surface area contributed by atoms with Crippen molar-refractivity contribution in [2.75, 3.05) is 17.2 Å². The van der Waals surface area contributed by atoms with Crippen LogP contribution in [0.3, 0.4) is 0 Å². The first-order chi connectivity index (χ1) is 9.58. The summed E-state index contributed by atoms with van der Waals surface area (Å²) in [6.45, 7) is 0.672. The van der Waals surface area contributed by atoms with Gasteiger partial charge in [0.15, 0.2) is 0 Å². The molecule has 0 aromatic heterocycles. The highest BCUT2D eigenvalue weighted by molar-refractivity contribution is 9.11. The number of carbonyl (C=O) groups excluding carboxylic acids is 1. The number of fused-ring (bicyclic) bond motifs is 1. The van der Waals surface area contributed by atoms with Crippen molar-refractivity contribution in [2.24, 2.45) is 0 Å². The number of anilines is 2. The van der Waals surface area contributed by atoms with Crippen LogP contribution in [0, 0.1) is 0 Å². The molecule has 2 aromatic rings. The van der Waals surface area contributed by atoms with Gasteiger partial charge in [0.1, 0.15) is 0 Å². The van der Waals surface area contributed by atoms with Gasteiger partial charge >= 0.3 is 0 Å². The van der Waals surface area contributed by atoms with Crippen molar-refractivity contribution in [3.63, 3.8) is 0 Å². The van der Waals surface area contributed by atoms with Crippen LogP contribution in [-0.4, -0.2) is 12.5 Å².